The first-order valence-electron chi connectivity index (χ1n) is 11.7. The lowest BCUT2D eigenvalue weighted by Gasteiger charge is -2.38. The second-order valence-electron chi connectivity index (χ2n) is 10.1. The molecule has 37 heavy (non-hydrogen) atoms. The lowest BCUT2D eigenvalue weighted by Crippen LogP contribution is -2.59. The van der Waals surface area contributed by atoms with Crippen molar-refractivity contribution in [3.8, 4) is 5.75 Å². The Morgan fingerprint density at radius 1 is 1.05 bits per heavy atom. The summed E-state index contributed by atoms with van der Waals surface area (Å²) >= 11 is -1.02. The van der Waals surface area contributed by atoms with E-state index in [1.165, 1.54) is 50.3 Å². The number of carbonyl (C=O) groups is 1. The van der Waals surface area contributed by atoms with Crippen LogP contribution < -0.4 is 9.46 Å². The van der Waals surface area contributed by atoms with E-state index in [1.807, 2.05) is 0 Å². The zero-order valence-electron chi connectivity index (χ0n) is 20.6. The predicted molar refractivity (Wildman–Crippen MR) is 131 cm³/mol. The molecule has 1 aliphatic rings. The van der Waals surface area contributed by atoms with E-state index in [2.05, 4.69) is 4.72 Å². The fraction of sp³-hybridized carbons (Fsp3) is 0.560. The van der Waals surface area contributed by atoms with Crippen LogP contribution in [0, 0.1) is 0 Å². The number of nitrogens with one attached hydrogen (secondary N) is 1. The van der Waals surface area contributed by atoms with E-state index in [0.29, 0.717) is 5.92 Å². The Morgan fingerprint density at radius 2 is 1.68 bits per heavy atom. The van der Waals surface area contributed by atoms with E-state index in [1.54, 1.807) is 6.07 Å². The first-order valence-corrected chi connectivity index (χ1v) is 13.7. The summed E-state index contributed by atoms with van der Waals surface area (Å²) in [6.45, 7) is 4.27. The van der Waals surface area contributed by atoms with E-state index in [0.717, 1.165) is 29.9 Å². The Morgan fingerprint density at radius 3 is 2.19 bits per heavy atom. The van der Waals surface area contributed by atoms with Gasteiger partial charge in [-0.1, -0.05) is 12.1 Å². The van der Waals surface area contributed by atoms with Crippen molar-refractivity contribution in [2.24, 2.45) is 0 Å². The summed E-state index contributed by atoms with van der Waals surface area (Å²) in [4.78, 5) is 14.3. The highest BCUT2D eigenvalue weighted by Gasteiger charge is 2.61. The average Bonchev–Trinajstić information content (AvgIpc) is 3.50. The van der Waals surface area contributed by atoms with Crippen molar-refractivity contribution in [3.63, 3.8) is 0 Å². The largest absolute Gasteiger partial charge is 0.598 e. The number of ether oxygens (including phenoxy) is 1. The highest BCUT2D eigenvalue weighted by atomic mass is 32.2. The van der Waals surface area contributed by atoms with Crippen LogP contribution in [0.1, 0.15) is 78.9 Å². The molecule has 0 amide bonds. The summed E-state index contributed by atoms with van der Waals surface area (Å²) in [6, 6.07) is 7.88. The second-order valence-corrected chi connectivity index (χ2v) is 13.1. The van der Waals surface area contributed by atoms with Crippen LogP contribution in [-0.4, -0.2) is 34.0 Å². The molecule has 1 unspecified atom stereocenters. The summed E-state index contributed by atoms with van der Waals surface area (Å²) in [5, 5.41) is 0. The average molecular weight is 570 g/mol. The number of Topliss-reactive ketones (excluding diaryl/α,β-unsaturated/α-hetero) is 1. The molecule has 0 aliphatic heterocycles. The normalized spacial score (nSPS) is 17.4. The van der Waals surface area contributed by atoms with Crippen molar-refractivity contribution in [2.45, 2.75) is 81.4 Å². The number of ketones is 1. The molecular formula is C25H29F6NO3S2. The third-order valence-corrected chi connectivity index (χ3v) is 8.77. The van der Waals surface area contributed by atoms with Gasteiger partial charge in [0.1, 0.15) is 10.5 Å². The lowest BCUT2D eigenvalue weighted by molar-refractivity contribution is -0.194. The molecule has 1 saturated carbocycles. The molecule has 0 saturated heterocycles. The first kappa shape index (κ1) is 29.8. The molecule has 206 valence electrons. The van der Waals surface area contributed by atoms with Crippen molar-refractivity contribution in [2.75, 3.05) is 6.61 Å². The van der Waals surface area contributed by atoms with Crippen molar-refractivity contribution in [3.05, 3.63) is 51.7 Å². The lowest BCUT2D eigenvalue weighted by atomic mass is 9.85. The molecule has 0 bridgehead atoms. The van der Waals surface area contributed by atoms with Gasteiger partial charge >= 0.3 is 12.4 Å². The smallest absolute Gasteiger partial charge is 0.415 e. The summed E-state index contributed by atoms with van der Waals surface area (Å²) < 4.78 is 101. The van der Waals surface area contributed by atoms with Gasteiger partial charge < -0.3 is 9.29 Å². The molecule has 1 aromatic carbocycles. The molecule has 0 radical (unpaired) electrons. The molecule has 1 heterocycles. The number of hydrogen-bond donors (Lipinski definition) is 1. The maximum Gasteiger partial charge on any atom is 0.415 e. The molecule has 3 rings (SSSR count). The van der Waals surface area contributed by atoms with Crippen molar-refractivity contribution < 1.29 is 40.4 Å². The zero-order valence-corrected chi connectivity index (χ0v) is 22.2. The fourth-order valence-electron chi connectivity index (χ4n) is 3.55. The summed E-state index contributed by atoms with van der Waals surface area (Å²) in [5.41, 5.74) is -3.33. The Bertz CT molecular complexity index is 1060. The van der Waals surface area contributed by atoms with Gasteiger partial charge in [-0.3, -0.25) is 4.79 Å². The minimum atomic E-state index is -5.02. The molecule has 2 aromatic rings. The quantitative estimate of drug-likeness (QED) is 0.132. The van der Waals surface area contributed by atoms with Gasteiger partial charge in [0, 0.05) is 29.1 Å². The molecule has 1 aromatic heterocycles. The van der Waals surface area contributed by atoms with E-state index in [-0.39, 0.29) is 29.2 Å². The van der Waals surface area contributed by atoms with Crippen LogP contribution in [0.25, 0.3) is 0 Å². The third-order valence-electron chi connectivity index (χ3n) is 5.83. The molecule has 0 spiro atoms. The molecule has 2 atom stereocenters. The monoisotopic (exact) mass is 569 g/mol. The van der Waals surface area contributed by atoms with Crippen LogP contribution in [0.2, 0.25) is 0 Å². The first-order chi connectivity index (χ1) is 17.0. The second kappa shape index (κ2) is 11.2. The van der Waals surface area contributed by atoms with Gasteiger partial charge in [-0.25, -0.2) is 0 Å². The van der Waals surface area contributed by atoms with Gasteiger partial charge in [0.05, 0.1) is 11.5 Å². The van der Waals surface area contributed by atoms with Gasteiger partial charge in [0.25, 0.3) is 0 Å². The Balaban J connectivity index is 1.90. The molecule has 1 fully saturated rings. The molecular weight excluding hydrogens is 540 g/mol. The Hall–Kier alpha value is -1.76. The minimum absolute atomic E-state index is 0.0811. The highest BCUT2D eigenvalue weighted by molar-refractivity contribution is 7.90. The van der Waals surface area contributed by atoms with Crippen molar-refractivity contribution in [1.29, 1.82) is 0 Å². The van der Waals surface area contributed by atoms with Crippen LogP contribution in [0.15, 0.2) is 36.4 Å². The van der Waals surface area contributed by atoms with E-state index < -0.39 is 52.6 Å². The number of rotatable bonds is 11. The van der Waals surface area contributed by atoms with Gasteiger partial charge in [-0.05, 0) is 75.8 Å². The van der Waals surface area contributed by atoms with Crippen LogP contribution in [-0.2, 0) is 16.9 Å². The zero-order chi connectivity index (χ0) is 27.6. The Kier molecular flexibility index (Phi) is 8.98. The van der Waals surface area contributed by atoms with Crippen LogP contribution in [0.5, 0.6) is 5.75 Å². The van der Waals surface area contributed by atoms with E-state index in [9.17, 15) is 35.7 Å². The van der Waals surface area contributed by atoms with Crippen LogP contribution >= 0.6 is 11.3 Å². The summed E-state index contributed by atoms with van der Waals surface area (Å²) in [7, 11) is 0. The maximum absolute atomic E-state index is 14.8. The van der Waals surface area contributed by atoms with Crippen LogP contribution in [0.3, 0.4) is 0 Å². The number of halogens is 6. The summed E-state index contributed by atoms with van der Waals surface area (Å²) in [6.07, 6.45) is -9.75. The SMILES string of the molecule is CC(C)(C)[S+]([O-])N[C@@](CC(=O)c1ccc(C2CC2)s1)(c1ccc(OCCCC(F)(F)F)cc1)C(F)(F)F. The molecule has 1 aliphatic carbocycles. The fourth-order valence-corrected chi connectivity index (χ4v) is 5.59. The molecule has 12 heteroatoms. The number of thiophene rings is 1. The molecule has 4 nitrogen and oxygen atoms in total. The van der Waals surface area contributed by atoms with Crippen molar-refractivity contribution >= 4 is 28.5 Å². The van der Waals surface area contributed by atoms with E-state index in [4.69, 9.17) is 4.74 Å². The van der Waals surface area contributed by atoms with Crippen molar-refractivity contribution in [1.82, 2.24) is 4.72 Å². The highest BCUT2D eigenvalue weighted by Crippen LogP contribution is 2.46. The predicted octanol–water partition coefficient (Wildman–Crippen LogP) is 7.43. The van der Waals surface area contributed by atoms with Crippen LogP contribution in [0.4, 0.5) is 26.3 Å². The Labute approximate surface area is 219 Å². The standard InChI is InChI=1S/C25H29F6NO3S2/c1-22(2,3)37(34)32-23(25(29,30)31,15-19(33)21-12-11-20(36-21)16-5-6-16)17-7-9-18(10-8-17)35-14-4-13-24(26,27)28/h7-12,16,32H,4-6,13-15H2,1-3H3/t23-,37?/m0/s1. The number of benzene rings is 1. The number of hydrogen-bond acceptors (Lipinski definition) is 5. The topological polar surface area (TPSA) is 61.4 Å². The molecule has 1 N–H and O–H groups in total. The number of alkyl halides is 6. The minimum Gasteiger partial charge on any atom is -0.598 e. The van der Waals surface area contributed by atoms with Gasteiger partial charge in [0.2, 0.25) is 0 Å². The third kappa shape index (κ3) is 7.87. The van der Waals surface area contributed by atoms with E-state index >= 15 is 0 Å². The number of carbonyl (C=O) groups excluding carboxylic acids is 1. The van der Waals surface area contributed by atoms with Gasteiger partial charge in [0.15, 0.2) is 11.3 Å². The summed E-state index contributed by atoms with van der Waals surface area (Å²) in [5.74, 6) is -0.313. The maximum atomic E-state index is 14.8. The van der Waals surface area contributed by atoms with Gasteiger partial charge in [-0.2, -0.15) is 26.3 Å². The van der Waals surface area contributed by atoms with Gasteiger partial charge in [-0.15, -0.1) is 16.1 Å².